The summed E-state index contributed by atoms with van der Waals surface area (Å²) in [6.07, 6.45) is 3.01. The van der Waals surface area contributed by atoms with Crippen molar-refractivity contribution in [2.24, 2.45) is 5.92 Å². The van der Waals surface area contributed by atoms with E-state index >= 15 is 0 Å². The summed E-state index contributed by atoms with van der Waals surface area (Å²) in [5, 5.41) is 3.10. The number of benzene rings is 1. The quantitative estimate of drug-likeness (QED) is 0.833. The Balaban J connectivity index is 2.29. The van der Waals surface area contributed by atoms with Crippen molar-refractivity contribution in [1.82, 2.24) is 5.32 Å². The van der Waals surface area contributed by atoms with Gasteiger partial charge in [0, 0.05) is 5.56 Å². The first-order valence-corrected chi connectivity index (χ1v) is 5.82. The van der Waals surface area contributed by atoms with Crippen molar-refractivity contribution in [3.05, 3.63) is 35.4 Å². The number of halogens is 2. The maximum Gasteiger partial charge on any atom is 0.129 e. The number of hydrogen-bond acceptors (Lipinski definition) is 1. The van der Waals surface area contributed by atoms with Crippen molar-refractivity contribution in [1.29, 1.82) is 0 Å². The van der Waals surface area contributed by atoms with Gasteiger partial charge in [0.25, 0.3) is 0 Å². The molecule has 1 aromatic rings. The van der Waals surface area contributed by atoms with Crippen LogP contribution in [0.3, 0.4) is 0 Å². The Bertz CT molecular complexity index is 345. The fourth-order valence-electron chi connectivity index (χ4n) is 2.79. The van der Waals surface area contributed by atoms with Gasteiger partial charge in [0.05, 0.1) is 0 Å². The molecule has 16 heavy (non-hydrogen) atoms. The van der Waals surface area contributed by atoms with Crippen LogP contribution < -0.4 is 5.32 Å². The van der Waals surface area contributed by atoms with Crippen molar-refractivity contribution < 1.29 is 8.78 Å². The Morgan fingerprint density at radius 3 is 2.56 bits per heavy atom. The third kappa shape index (κ3) is 2.09. The van der Waals surface area contributed by atoms with Crippen molar-refractivity contribution in [3.63, 3.8) is 0 Å². The maximum atomic E-state index is 13.7. The van der Waals surface area contributed by atoms with Gasteiger partial charge in [-0.2, -0.15) is 0 Å². The zero-order valence-electron chi connectivity index (χ0n) is 9.47. The van der Waals surface area contributed by atoms with E-state index in [4.69, 9.17) is 0 Å². The van der Waals surface area contributed by atoms with E-state index in [0.29, 0.717) is 11.5 Å². The van der Waals surface area contributed by atoms with E-state index in [9.17, 15) is 8.78 Å². The summed E-state index contributed by atoms with van der Waals surface area (Å²) in [4.78, 5) is 0. The van der Waals surface area contributed by atoms with E-state index in [-0.39, 0.29) is 5.92 Å². The van der Waals surface area contributed by atoms with Gasteiger partial charge in [-0.25, -0.2) is 8.78 Å². The lowest BCUT2D eigenvalue weighted by Crippen LogP contribution is -2.22. The van der Waals surface area contributed by atoms with E-state index in [1.807, 2.05) is 7.05 Å². The average Bonchev–Trinajstić information content (AvgIpc) is 2.67. The minimum atomic E-state index is -0.395. The summed E-state index contributed by atoms with van der Waals surface area (Å²) in [6, 6.07) is 4.14. The normalized spacial score (nSPS) is 24.9. The van der Waals surface area contributed by atoms with Gasteiger partial charge < -0.3 is 5.32 Å². The Morgan fingerprint density at radius 1 is 1.25 bits per heavy atom. The molecule has 1 aromatic carbocycles. The molecule has 1 aliphatic carbocycles. The van der Waals surface area contributed by atoms with Crippen molar-refractivity contribution >= 4 is 0 Å². The third-order valence-electron chi connectivity index (χ3n) is 3.50. The van der Waals surface area contributed by atoms with E-state index in [1.165, 1.54) is 18.2 Å². The topological polar surface area (TPSA) is 12.0 Å². The monoisotopic (exact) mass is 225 g/mol. The molecule has 1 nitrogen and oxygen atoms in total. The summed E-state index contributed by atoms with van der Waals surface area (Å²) in [7, 11) is 1.88. The van der Waals surface area contributed by atoms with Crippen LogP contribution in [0.1, 0.15) is 30.7 Å². The fraction of sp³-hybridized carbons (Fsp3) is 0.538. The van der Waals surface area contributed by atoms with E-state index < -0.39 is 11.6 Å². The highest BCUT2D eigenvalue weighted by atomic mass is 19.1. The lowest BCUT2D eigenvalue weighted by Gasteiger charge is -2.20. The van der Waals surface area contributed by atoms with Gasteiger partial charge in [-0.1, -0.05) is 12.5 Å². The van der Waals surface area contributed by atoms with Crippen LogP contribution in [-0.4, -0.2) is 13.6 Å². The van der Waals surface area contributed by atoms with Crippen LogP contribution >= 0.6 is 0 Å². The van der Waals surface area contributed by atoms with Crippen LogP contribution in [0, 0.1) is 17.6 Å². The minimum absolute atomic E-state index is 0.0358. The second-order valence-corrected chi connectivity index (χ2v) is 4.49. The summed E-state index contributed by atoms with van der Waals surface area (Å²) in [6.45, 7) is 0.832. The highest BCUT2D eigenvalue weighted by Gasteiger charge is 2.31. The van der Waals surface area contributed by atoms with Crippen LogP contribution in [0.2, 0.25) is 0 Å². The van der Waals surface area contributed by atoms with Crippen LogP contribution in [0.4, 0.5) is 8.78 Å². The predicted molar refractivity (Wildman–Crippen MR) is 60.4 cm³/mol. The SMILES string of the molecule is CNCC1CCCC1c1c(F)cccc1F. The molecule has 0 bridgehead atoms. The fourth-order valence-corrected chi connectivity index (χ4v) is 2.79. The van der Waals surface area contributed by atoms with Gasteiger partial charge in [-0.05, 0) is 50.4 Å². The Kier molecular flexibility index (Phi) is 3.54. The van der Waals surface area contributed by atoms with Crippen molar-refractivity contribution in [2.75, 3.05) is 13.6 Å². The Labute approximate surface area is 94.9 Å². The second-order valence-electron chi connectivity index (χ2n) is 4.49. The molecule has 0 amide bonds. The largest absolute Gasteiger partial charge is 0.319 e. The zero-order chi connectivity index (χ0) is 11.5. The van der Waals surface area contributed by atoms with Crippen LogP contribution in [0.5, 0.6) is 0 Å². The molecule has 0 radical (unpaired) electrons. The molecule has 1 saturated carbocycles. The lowest BCUT2D eigenvalue weighted by atomic mass is 9.88. The molecule has 0 aliphatic heterocycles. The molecule has 88 valence electrons. The van der Waals surface area contributed by atoms with E-state index in [0.717, 1.165) is 25.8 Å². The van der Waals surface area contributed by atoms with Gasteiger partial charge in [0.1, 0.15) is 11.6 Å². The highest BCUT2D eigenvalue weighted by molar-refractivity contribution is 5.25. The van der Waals surface area contributed by atoms with Gasteiger partial charge >= 0.3 is 0 Å². The van der Waals surface area contributed by atoms with Gasteiger partial charge in [0.2, 0.25) is 0 Å². The first kappa shape index (κ1) is 11.5. The number of hydrogen-bond donors (Lipinski definition) is 1. The molecule has 2 unspecified atom stereocenters. The van der Waals surface area contributed by atoms with E-state index in [1.54, 1.807) is 0 Å². The third-order valence-corrected chi connectivity index (χ3v) is 3.50. The number of rotatable bonds is 3. The van der Waals surface area contributed by atoms with Crippen LogP contribution in [0.15, 0.2) is 18.2 Å². The molecular formula is C13H17F2N. The molecule has 1 aliphatic rings. The summed E-state index contributed by atoms with van der Waals surface area (Å²) in [5.41, 5.74) is 0.292. The van der Waals surface area contributed by atoms with Crippen molar-refractivity contribution in [3.8, 4) is 0 Å². The Hall–Kier alpha value is -0.960. The second kappa shape index (κ2) is 4.91. The molecule has 2 atom stereocenters. The highest BCUT2D eigenvalue weighted by Crippen LogP contribution is 2.41. The lowest BCUT2D eigenvalue weighted by molar-refractivity contribution is 0.429. The van der Waals surface area contributed by atoms with Crippen LogP contribution in [0.25, 0.3) is 0 Å². The summed E-state index contributed by atoms with van der Waals surface area (Å²) >= 11 is 0. The molecule has 2 rings (SSSR count). The van der Waals surface area contributed by atoms with Crippen LogP contribution in [-0.2, 0) is 0 Å². The Morgan fingerprint density at radius 2 is 1.94 bits per heavy atom. The summed E-state index contributed by atoms with van der Waals surface area (Å²) < 4.78 is 27.3. The first-order chi connectivity index (χ1) is 7.74. The van der Waals surface area contributed by atoms with Gasteiger partial charge in [-0.3, -0.25) is 0 Å². The van der Waals surface area contributed by atoms with Gasteiger partial charge in [-0.15, -0.1) is 0 Å². The number of nitrogens with one attached hydrogen (secondary N) is 1. The maximum absolute atomic E-state index is 13.7. The summed E-state index contributed by atoms with van der Waals surface area (Å²) in [5.74, 6) is -0.397. The molecule has 1 fully saturated rings. The van der Waals surface area contributed by atoms with E-state index in [2.05, 4.69) is 5.32 Å². The molecule has 0 saturated heterocycles. The first-order valence-electron chi connectivity index (χ1n) is 5.82. The molecular weight excluding hydrogens is 208 g/mol. The molecule has 1 N–H and O–H groups in total. The molecule has 0 spiro atoms. The molecule has 3 heteroatoms. The molecule has 0 aromatic heterocycles. The smallest absolute Gasteiger partial charge is 0.129 e. The predicted octanol–water partition coefficient (Wildman–Crippen LogP) is 3.07. The van der Waals surface area contributed by atoms with Gasteiger partial charge in [0.15, 0.2) is 0 Å². The minimum Gasteiger partial charge on any atom is -0.319 e. The van der Waals surface area contributed by atoms with Crippen molar-refractivity contribution in [2.45, 2.75) is 25.2 Å². The zero-order valence-corrected chi connectivity index (χ0v) is 9.47. The molecule has 0 heterocycles. The average molecular weight is 225 g/mol. The standard InChI is InChI=1S/C13H17F2N/c1-16-8-9-4-2-5-10(9)13-11(14)6-3-7-12(13)15/h3,6-7,9-10,16H,2,4-5,8H2,1H3.